The molecule has 0 spiro atoms. The molecule has 0 saturated heterocycles. The molecule has 1 aromatic rings. The van der Waals surface area contributed by atoms with Crippen LogP contribution in [0.3, 0.4) is 0 Å². The first-order chi connectivity index (χ1) is 13.1. The molecular formula is C23H38N2O2. The number of nitrogens with zero attached hydrogens (tertiary/aromatic N) is 2. The van der Waals surface area contributed by atoms with Crippen LogP contribution in [-0.2, 0) is 0 Å². The van der Waals surface area contributed by atoms with Gasteiger partial charge in [0.2, 0.25) is 0 Å². The van der Waals surface area contributed by atoms with E-state index in [1.165, 1.54) is 70.8 Å². The highest BCUT2D eigenvalue weighted by Crippen LogP contribution is 2.11. The molecule has 1 aromatic carbocycles. The number of rotatable bonds is 12. The molecule has 0 bridgehead atoms. The number of carbonyl (C=O) groups is 1. The third-order valence-electron chi connectivity index (χ3n) is 4.76. The first-order valence-electron chi connectivity index (χ1n) is 10.5. The number of hydrogen-bond acceptors (Lipinski definition) is 3. The molecule has 0 aromatic heterocycles. The summed E-state index contributed by atoms with van der Waals surface area (Å²) in [5.41, 5.74) is 0.331. The molecule has 1 aliphatic heterocycles. The predicted octanol–water partition coefficient (Wildman–Crippen LogP) is 5.97. The lowest BCUT2D eigenvalue weighted by atomic mass is 10.1. The maximum absolute atomic E-state index is 10.2. The molecule has 27 heavy (non-hydrogen) atoms. The smallest absolute Gasteiger partial charge is 0.335 e. The van der Waals surface area contributed by atoms with Crippen molar-refractivity contribution in [3.05, 3.63) is 48.3 Å². The zero-order valence-corrected chi connectivity index (χ0v) is 17.3. The Morgan fingerprint density at radius 3 is 1.89 bits per heavy atom. The van der Waals surface area contributed by atoms with Gasteiger partial charge in [0.25, 0.3) is 0 Å². The van der Waals surface area contributed by atoms with Gasteiger partial charge in [-0.3, -0.25) is 0 Å². The van der Waals surface area contributed by atoms with Crippen molar-refractivity contribution < 1.29 is 9.90 Å². The molecule has 0 amide bonds. The van der Waals surface area contributed by atoms with E-state index in [-0.39, 0.29) is 0 Å². The summed E-state index contributed by atoms with van der Waals surface area (Å²) in [6, 6.07) is 8.30. The first kappa shape index (κ1) is 23.1. The Kier molecular flexibility index (Phi) is 12.9. The number of unbranched alkanes of at least 4 members (excludes halogenated alkanes) is 9. The number of carboxylic acids is 1. The van der Waals surface area contributed by atoms with Crippen LogP contribution in [0, 0.1) is 0 Å². The van der Waals surface area contributed by atoms with Crippen molar-refractivity contribution in [2.45, 2.75) is 71.1 Å². The Morgan fingerprint density at radius 2 is 1.44 bits per heavy atom. The fraction of sp³-hybridized carbons (Fsp3) is 0.609. The minimum absolute atomic E-state index is 0.331. The Bertz CT molecular complexity index is 516. The van der Waals surface area contributed by atoms with Crippen LogP contribution in [-0.4, -0.2) is 41.1 Å². The summed E-state index contributed by atoms with van der Waals surface area (Å²) < 4.78 is 0. The van der Waals surface area contributed by atoms with E-state index in [2.05, 4.69) is 36.2 Å². The van der Waals surface area contributed by atoms with Gasteiger partial charge in [0, 0.05) is 26.0 Å². The standard InChI is InChI=1S/C16H32N2.C7H6O2/c1-3-4-5-6-7-8-9-10-11-12-13-18-15-14-17(2)16-18;8-7(9)6-4-2-1-3-5-6/h14-15H,3-13,16H2,1-2H3;1-5H,(H,8,9). The zero-order chi connectivity index (χ0) is 19.7. The Morgan fingerprint density at radius 1 is 0.889 bits per heavy atom. The van der Waals surface area contributed by atoms with E-state index in [0.717, 1.165) is 6.67 Å². The first-order valence-corrected chi connectivity index (χ1v) is 10.5. The highest BCUT2D eigenvalue weighted by Gasteiger charge is 2.06. The largest absolute Gasteiger partial charge is 0.478 e. The lowest BCUT2D eigenvalue weighted by molar-refractivity contribution is 0.0697. The summed E-state index contributed by atoms with van der Waals surface area (Å²) in [4.78, 5) is 14.8. The van der Waals surface area contributed by atoms with Gasteiger partial charge >= 0.3 is 5.97 Å². The van der Waals surface area contributed by atoms with Crippen LogP contribution in [0.1, 0.15) is 81.5 Å². The number of benzene rings is 1. The van der Waals surface area contributed by atoms with Crippen molar-refractivity contribution in [3.63, 3.8) is 0 Å². The molecule has 0 unspecified atom stereocenters. The van der Waals surface area contributed by atoms with Gasteiger partial charge in [0.05, 0.1) is 12.2 Å². The van der Waals surface area contributed by atoms with Gasteiger partial charge in [-0.2, -0.15) is 0 Å². The molecular weight excluding hydrogens is 336 g/mol. The predicted molar refractivity (Wildman–Crippen MR) is 114 cm³/mol. The van der Waals surface area contributed by atoms with Crippen LogP contribution in [0.25, 0.3) is 0 Å². The zero-order valence-electron chi connectivity index (χ0n) is 17.3. The summed E-state index contributed by atoms with van der Waals surface area (Å²) in [7, 11) is 2.13. The number of hydrogen-bond donors (Lipinski definition) is 1. The van der Waals surface area contributed by atoms with Gasteiger partial charge in [-0.25, -0.2) is 4.79 Å². The molecule has 0 fully saturated rings. The van der Waals surface area contributed by atoms with Gasteiger partial charge in [-0.15, -0.1) is 0 Å². The van der Waals surface area contributed by atoms with E-state index in [1.54, 1.807) is 30.3 Å². The van der Waals surface area contributed by atoms with Crippen LogP contribution in [0.15, 0.2) is 42.7 Å². The topological polar surface area (TPSA) is 43.8 Å². The summed E-state index contributed by atoms with van der Waals surface area (Å²) in [6.07, 6.45) is 18.6. The minimum atomic E-state index is -0.879. The van der Waals surface area contributed by atoms with E-state index in [9.17, 15) is 4.79 Å². The Hall–Kier alpha value is -1.97. The van der Waals surface area contributed by atoms with Crippen molar-refractivity contribution in [2.24, 2.45) is 0 Å². The van der Waals surface area contributed by atoms with Crippen molar-refractivity contribution in [1.82, 2.24) is 9.80 Å². The van der Waals surface area contributed by atoms with Crippen LogP contribution >= 0.6 is 0 Å². The monoisotopic (exact) mass is 374 g/mol. The fourth-order valence-corrected chi connectivity index (χ4v) is 3.12. The molecule has 4 nitrogen and oxygen atoms in total. The minimum Gasteiger partial charge on any atom is -0.478 e. The fourth-order valence-electron chi connectivity index (χ4n) is 3.12. The average Bonchev–Trinajstić information content (AvgIpc) is 3.09. The molecule has 0 saturated carbocycles. The van der Waals surface area contributed by atoms with E-state index in [1.807, 2.05) is 0 Å². The SMILES string of the molecule is CCCCCCCCCCCCN1C=CN(C)C1.O=C(O)c1ccccc1. The maximum Gasteiger partial charge on any atom is 0.335 e. The highest BCUT2D eigenvalue weighted by molar-refractivity contribution is 5.87. The molecule has 0 radical (unpaired) electrons. The lowest BCUT2D eigenvalue weighted by Gasteiger charge is -2.17. The van der Waals surface area contributed by atoms with E-state index in [4.69, 9.17) is 5.11 Å². The molecule has 152 valence electrons. The molecule has 1 aliphatic rings. The van der Waals surface area contributed by atoms with Crippen LogP contribution in [0.4, 0.5) is 0 Å². The maximum atomic E-state index is 10.2. The van der Waals surface area contributed by atoms with E-state index >= 15 is 0 Å². The quantitative estimate of drug-likeness (QED) is 0.458. The third-order valence-corrected chi connectivity index (χ3v) is 4.76. The Balaban J connectivity index is 0.000000337. The van der Waals surface area contributed by atoms with E-state index < -0.39 is 5.97 Å². The average molecular weight is 375 g/mol. The van der Waals surface area contributed by atoms with Gasteiger partial charge in [-0.05, 0) is 18.6 Å². The van der Waals surface area contributed by atoms with Crippen LogP contribution < -0.4 is 0 Å². The molecule has 2 rings (SSSR count). The van der Waals surface area contributed by atoms with Crippen molar-refractivity contribution in [2.75, 3.05) is 20.3 Å². The van der Waals surface area contributed by atoms with Gasteiger partial charge in [0.15, 0.2) is 0 Å². The van der Waals surface area contributed by atoms with Crippen LogP contribution in [0.2, 0.25) is 0 Å². The third kappa shape index (κ3) is 12.1. The second-order valence-electron chi connectivity index (χ2n) is 7.36. The normalized spacial score (nSPS) is 12.8. The molecule has 4 heteroatoms. The molecule has 0 atom stereocenters. The van der Waals surface area contributed by atoms with Gasteiger partial charge in [-0.1, -0.05) is 82.9 Å². The van der Waals surface area contributed by atoms with E-state index in [0.29, 0.717) is 5.56 Å². The lowest BCUT2D eigenvalue weighted by Crippen LogP contribution is -2.23. The second-order valence-corrected chi connectivity index (χ2v) is 7.36. The molecule has 0 aliphatic carbocycles. The molecule has 1 N–H and O–H groups in total. The summed E-state index contributed by atoms with van der Waals surface area (Å²) >= 11 is 0. The highest BCUT2D eigenvalue weighted by atomic mass is 16.4. The van der Waals surface area contributed by atoms with Gasteiger partial charge in [0.1, 0.15) is 0 Å². The van der Waals surface area contributed by atoms with Crippen LogP contribution in [0.5, 0.6) is 0 Å². The number of aromatic carboxylic acids is 1. The van der Waals surface area contributed by atoms with Crippen molar-refractivity contribution in [1.29, 1.82) is 0 Å². The molecule has 1 heterocycles. The summed E-state index contributed by atoms with van der Waals surface area (Å²) in [5.74, 6) is -0.879. The van der Waals surface area contributed by atoms with Crippen molar-refractivity contribution in [3.8, 4) is 0 Å². The second kappa shape index (κ2) is 15.1. The summed E-state index contributed by atoms with van der Waals surface area (Å²) in [6.45, 7) is 4.60. The van der Waals surface area contributed by atoms with Gasteiger partial charge < -0.3 is 14.9 Å². The number of carboxylic acid groups (broad SMARTS) is 1. The summed E-state index contributed by atoms with van der Waals surface area (Å²) in [5, 5.41) is 8.38. The van der Waals surface area contributed by atoms with Crippen molar-refractivity contribution >= 4 is 5.97 Å². The Labute approximate surface area is 165 Å².